The number of hydrogen-bond donors (Lipinski definition) is 1. The van der Waals surface area contributed by atoms with Gasteiger partial charge in [0.05, 0.1) is 41.9 Å². The van der Waals surface area contributed by atoms with Crippen molar-refractivity contribution < 1.29 is 9.47 Å². The van der Waals surface area contributed by atoms with Gasteiger partial charge in [0, 0.05) is 22.9 Å². The minimum Gasteiger partial charge on any atom is -0.475 e. The van der Waals surface area contributed by atoms with Crippen molar-refractivity contribution in [3.63, 3.8) is 0 Å². The molecule has 1 N–H and O–H groups in total. The van der Waals surface area contributed by atoms with Crippen molar-refractivity contribution in [3.8, 4) is 17.0 Å². The summed E-state index contributed by atoms with van der Waals surface area (Å²) in [7, 11) is 1.89. The molecule has 3 aromatic heterocycles. The second-order valence-corrected chi connectivity index (χ2v) is 8.12. The van der Waals surface area contributed by atoms with E-state index in [0.29, 0.717) is 19.8 Å². The van der Waals surface area contributed by atoms with Crippen LogP contribution in [0.2, 0.25) is 0 Å². The zero-order valence-electron chi connectivity index (χ0n) is 16.5. The van der Waals surface area contributed by atoms with Crippen LogP contribution < -0.4 is 4.74 Å². The first kappa shape index (κ1) is 18.1. The third kappa shape index (κ3) is 3.14. The average Bonchev–Trinajstić information content (AvgIpc) is 3.37. The van der Waals surface area contributed by atoms with Crippen LogP contribution >= 0.6 is 11.5 Å². The highest BCUT2D eigenvalue weighted by molar-refractivity contribution is 7.06. The summed E-state index contributed by atoms with van der Waals surface area (Å²) in [6.07, 6.45) is 5.97. The van der Waals surface area contributed by atoms with E-state index >= 15 is 0 Å². The Labute approximate surface area is 172 Å². The van der Waals surface area contributed by atoms with Crippen LogP contribution in [0.15, 0.2) is 18.3 Å². The minimum absolute atomic E-state index is 0.444. The summed E-state index contributed by atoms with van der Waals surface area (Å²) in [5.74, 6) is 0.733. The van der Waals surface area contributed by atoms with Gasteiger partial charge in [0.15, 0.2) is 0 Å². The third-order valence-electron chi connectivity index (χ3n) is 5.21. The van der Waals surface area contributed by atoms with Crippen LogP contribution in [0.3, 0.4) is 0 Å². The van der Waals surface area contributed by atoms with E-state index in [9.17, 15) is 0 Å². The maximum absolute atomic E-state index is 6.05. The molecule has 0 atom stereocenters. The van der Waals surface area contributed by atoms with Gasteiger partial charge < -0.3 is 9.47 Å². The standard InChI is InChI=1S/C21H21N5O2S/c1-12-8-19-16-9-15(12)17-10-22-26(3)21(17)28-7-6-27-11-20-14(13(2)29-25-20)4-5-18(16)23-24-19/h4-5,8-10H,6-7,11H2,1-3H3,(H,23,24)/b5-4+. The summed E-state index contributed by atoms with van der Waals surface area (Å²) < 4.78 is 18.2. The lowest BCUT2D eigenvalue weighted by Gasteiger charge is -2.11. The topological polar surface area (TPSA) is 77.9 Å². The van der Waals surface area contributed by atoms with Gasteiger partial charge in [-0.15, -0.1) is 0 Å². The van der Waals surface area contributed by atoms with E-state index < -0.39 is 0 Å². The highest BCUT2D eigenvalue weighted by Crippen LogP contribution is 2.35. The molecule has 2 bridgehead atoms. The van der Waals surface area contributed by atoms with E-state index in [2.05, 4.69) is 51.7 Å². The van der Waals surface area contributed by atoms with Gasteiger partial charge in [-0.1, -0.05) is 0 Å². The zero-order valence-corrected chi connectivity index (χ0v) is 17.3. The van der Waals surface area contributed by atoms with Gasteiger partial charge in [-0.25, -0.2) is 4.68 Å². The monoisotopic (exact) mass is 407 g/mol. The molecule has 0 saturated carbocycles. The normalized spacial score (nSPS) is 15.4. The molecule has 4 heterocycles. The largest absolute Gasteiger partial charge is 0.475 e. The van der Waals surface area contributed by atoms with Gasteiger partial charge in [0.1, 0.15) is 6.61 Å². The molecule has 0 fully saturated rings. The molecule has 0 radical (unpaired) electrons. The third-order valence-corrected chi connectivity index (χ3v) is 6.01. The van der Waals surface area contributed by atoms with Crippen LogP contribution in [0.5, 0.6) is 5.88 Å². The van der Waals surface area contributed by atoms with Crippen LogP contribution in [0.25, 0.3) is 34.2 Å². The number of ether oxygens (including phenoxy) is 2. The fourth-order valence-corrected chi connectivity index (χ4v) is 4.35. The number of aromatic nitrogens is 5. The smallest absolute Gasteiger partial charge is 0.219 e. The van der Waals surface area contributed by atoms with E-state index in [-0.39, 0.29) is 0 Å². The van der Waals surface area contributed by atoms with Crippen LogP contribution in [0, 0.1) is 13.8 Å². The van der Waals surface area contributed by atoms with Crippen LogP contribution in [0.1, 0.15) is 27.4 Å². The van der Waals surface area contributed by atoms with E-state index in [1.807, 2.05) is 19.3 Å². The van der Waals surface area contributed by atoms with Gasteiger partial charge in [-0.05, 0) is 60.8 Å². The lowest BCUT2D eigenvalue weighted by atomic mass is 9.99. The summed E-state index contributed by atoms with van der Waals surface area (Å²) in [6.45, 7) is 5.54. The van der Waals surface area contributed by atoms with Gasteiger partial charge in [0.25, 0.3) is 0 Å². The summed E-state index contributed by atoms with van der Waals surface area (Å²) in [5, 5.41) is 13.1. The van der Waals surface area contributed by atoms with Gasteiger partial charge in [-0.3, -0.25) is 5.10 Å². The number of nitrogens with zero attached hydrogens (tertiary/aromatic N) is 4. The number of H-pyrrole nitrogens is 1. The Morgan fingerprint density at radius 3 is 2.93 bits per heavy atom. The Morgan fingerprint density at radius 1 is 1.14 bits per heavy atom. The Bertz CT molecular complexity index is 1230. The number of rotatable bonds is 0. The van der Waals surface area contributed by atoms with Crippen LogP contribution in [-0.2, 0) is 18.4 Å². The number of aryl methyl sites for hydroxylation is 3. The lowest BCUT2D eigenvalue weighted by molar-refractivity contribution is 0.0847. The van der Waals surface area contributed by atoms with Crippen molar-refractivity contribution in [2.45, 2.75) is 20.5 Å². The average molecular weight is 407 g/mol. The molecule has 5 rings (SSSR count). The number of nitrogens with one attached hydrogen (secondary N) is 1. The Balaban J connectivity index is 1.70. The summed E-state index contributed by atoms with van der Waals surface area (Å²) in [4.78, 5) is 1.16. The van der Waals surface area contributed by atoms with E-state index in [4.69, 9.17) is 9.47 Å². The molecule has 8 heteroatoms. The molecule has 4 aromatic rings. The molecule has 29 heavy (non-hydrogen) atoms. The minimum atomic E-state index is 0.444. The molecular formula is C21H21N5O2S. The van der Waals surface area contributed by atoms with Crippen molar-refractivity contribution in [2.75, 3.05) is 13.2 Å². The highest BCUT2D eigenvalue weighted by atomic mass is 32.1. The SMILES string of the molecule is Cc1cc2[nH]nc3c2cc1-c1cnn(C)c1OCCOCc1nsc(C)c1/C=C/3. The Kier molecular flexibility index (Phi) is 4.44. The number of hydrogen-bond acceptors (Lipinski definition) is 6. The molecule has 0 unspecified atom stereocenters. The molecule has 7 nitrogen and oxygen atoms in total. The summed E-state index contributed by atoms with van der Waals surface area (Å²) >= 11 is 1.49. The van der Waals surface area contributed by atoms with Gasteiger partial charge in [-0.2, -0.15) is 14.6 Å². The molecule has 1 aliphatic heterocycles. The maximum Gasteiger partial charge on any atom is 0.219 e. The van der Waals surface area contributed by atoms with Gasteiger partial charge in [0.2, 0.25) is 5.88 Å². The number of aromatic amines is 1. The molecule has 1 aromatic carbocycles. The highest BCUT2D eigenvalue weighted by Gasteiger charge is 2.17. The van der Waals surface area contributed by atoms with Crippen molar-refractivity contribution in [1.82, 2.24) is 24.4 Å². The van der Waals surface area contributed by atoms with Crippen molar-refractivity contribution in [1.29, 1.82) is 0 Å². The van der Waals surface area contributed by atoms with E-state index in [0.717, 1.165) is 55.3 Å². The fourth-order valence-electron chi connectivity index (χ4n) is 3.66. The van der Waals surface area contributed by atoms with Gasteiger partial charge >= 0.3 is 0 Å². The van der Waals surface area contributed by atoms with Crippen LogP contribution in [0.4, 0.5) is 0 Å². The molecule has 0 amide bonds. The predicted molar refractivity (Wildman–Crippen MR) is 114 cm³/mol. The van der Waals surface area contributed by atoms with Crippen molar-refractivity contribution in [3.05, 3.63) is 45.7 Å². The fraction of sp³-hybridized carbons (Fsp3) is 0.286. The molecule has 148 valence electrons. The summed E-state index contributed by atoms with van der Waals surface area (Å²) in [5.41, 5.74) is 7.12. The molecule has 1 aliphatic rings. The van der Waals surface area contributed by atoms with Crippen molar-refractivity contribution in [2.24, 2.45) is 7.05 Å². The number of benzene rings is 1. The molecule has 0 saturated heterocycles. The lowest BCUT2D eigenvalue weighted by Crippen LogP contribution is -2.10. The molecule has 0 spiro atoms. The van der Waals surface area contributed by atoms with Crippen molar-refractivity contribution >= 4 is 34.6 Å². The second-order valence-electron chi connectivity index (χ2n) is 7.14. The van der Waals surface area contributed by atoms with Crippen LogP contribution in [-0.4, -0.2) is 37.6 Å². The maximum atomic E-state index is 6.05. The first-order chi connectivity index (χ1) is 14.1. The number of fused-ring (bicyclic) bond motifs is 4. The van der Waals surface area contributed by atoms with E-state index in [1.54, 1.807) is 4.68 Å². The zero-order chi connectivity index (χ0) is 20.0. The Hall–Kier alpha value is -2.97. The molecule has 0 aliphatic carbocycles. The summed E-state index contributed by atoms with van der Waals surface area (Å²) in [6, 6.07) is 4.28. The second kappa shape index (κ2) is 7.13. The molecular weight excluding hydrogens is 386 g/mol. The quantitative estimate of drug-likeness (QED) is 0.474. The Morgan fingerprint density at radius 2 is 2.03 bits per heavy atom. The first-order valence-electron chi connectivity index (χ1n) is 9.46. The first-order valence-corrected chi connectivity index (χ1v) is 10.2. The van der Waals surface area contributed by atoms with E-state index in [1.165, 1.54) is 11.5 Å². The predicted octanol–water partition coefficient (Wildman–Crippen LogP) is 4.12.